The minimum atomic E-state index is -0.0459. The van der Waals surface area contributed by atoms with Gasteiger partial charge in [0.1, 0.15) is 5.75 Å². The van der Waals surface area contributed by atoms with Gasteiger partial charge in [0, 0.05) is 11.0 Å². The predicted octanol–water partition coefficient (Wildman–Crippen LogP) is 4.85. The van der Waals surface area contributed by atoms with E-state index in [2.05, 4.69) is 46.8 Å². The monoisotopic (exact) mass is 316 g/mol. The molecule has 1 fully saturated rings. The topological polar surface area (TPSA) is 29.5 Å². The molecule has 2 nitrogen and oxygen atoms in total. The third-order valence-corrected chi connectivity index (χ3v) is 6.14. The van der Waals surface area contributed by atoms with Crippen molar-refractivity contribution < 1.29 is 9.84 Å². The number of rotatable bonds is 5. The zero-order valence-corrected chi connectivity index (χ0v) is 15.5. The average molecular weight is 316 g/mol. The Bertz CT molecular complexity index is 594. The van der Waals surface area contributed by atoms with E-state index >= 15 is 0 Å². The van der Waals surface area contributed by atoms with Crippen LogP contribution in [-0.2, 0) is 16.2 Å². The number of aliphatic hydroxyl groups is 1. The molecule has 1 aromatic rings. The minimum Gasteiger partial charge on any atom is -0.493 e. The number of ether oxygens (including phenoxy) is 1. The van der Waals surface area contributed by atoms with E-state index in [0.29, 0.717) is 0 Å². The van der Waals surface area contributed by atoms with Crippen LogP contribution >= 0.6 is 0 Å². The van der Waals surface area contributed by atoms with Gasteiger partial charge in [-0.05, 0) is 60.1 Å². The van der Waals surface area contributed by atoms with Gasteiger partial charge in [0.15, 0.2) is 0 Å². The molecule has 0 spiro atoms. The summed E-state index contributed by atoms with van der Waals surface area (Å²) in [6.45, 7) is 12.5. The van der Waals surface area contributed by atoms with Crippen molar-refractivity contribution in [2.75, 3.05) is 13.2 Å². The van der Waals surface area contributed by atoms with Crippen molar-refractivity contribution in [3.05, 3.63) is 28.8 Å². The van der Waals surface area contributed by atoms with E-state index in [0.717, 1.165) is 31.6 Å². The second kappa shape index (κ2) is 5.51. The lowest BCUT2D eigenvalue weighted by atomic mass is 9.62. The van der Waals surface area contributed by atoms with Crippen LogP contribution < -0.4 is 4.74 Å². The smallest absolute Gasteiger partial charge is 0.123 e. The highest BCUT2D eigenvalue weighted by Crippen LogP contribution is 2.55. The molecule has 2 heteroatoms. The van der Waals surface area contributed by atoms with E-state index in [1.807, 2.05) is 0 Å². The van der Waals surface area contributed by atoms with Crippen molar-refractivity contribution in [2.45, 2.75) is 83.0 Å². The normalized spacial score (nSPS) is 23.2. The zero-order chi connectivity index (χ0) is 16.9. The van der Waals surface area contributed by atoms with Gasteiger partial charge in [-0.1, -0.05) is 40.7 Å². The molecule has 3 rings (SSSR count). The Morgan fingerprint density at radius 3 is 1.96 bits per heavy atom. The molecule has 0 heterocycles. The molecule has 0 saturated heterocycles. The summed E-state index contributed by atoms with van der Waals surface area (Å²) in [6, 6.07) is 4.68. The Morgan fingerprint density at radius 1 is 0.913 bits per heavy atom. The summed E-state index contributed by atoms with van der Waals surface area (Å²) in [5.41, 5.74) is 4.51. The first-order valence-corrected chi connectivity index (χ1v) is 9.19. The highest BCUT2D eigenvalue weighted by molar-refractivity contribution is 5.54. The summed E-state index contributed by atoms with van der Waals surface area (Å²) < 4.78 is 6.13. The summed E-state index contributed by atoms with van der Waals surface area (Å²) in [4.78, 5) is 0. The first-order chi connectivity index (χ1) is 10.8. The largest absolute Gasteiger partial charge is 0.493 e. The lowest BCUT2D eigenvalue weighted by Crippen LogP contribution is -2.34. The highest BCUT2D eigenvalue weighted by Gasteiger charge is 2.47. The maximum atomic E-state index is 9.94. The van der Waals surface area contributed by atoms with Gasteiger partial charge in [0.25, 0.3) is 0 Å². The molecule has 128 valence electrons. The quantitative estimate of drug-likeness (QED) is 0.841. The number of hydrogen-bond donors (Lipinski definition) is 1. The molecule has 1 saturated carbocycles. The predicted molar refractivity (Wildman–Crippen MR) is 95.5 cm³/mol. The number of benzene rings is 1. The Morgan fingerprint density at radius 2 is 1.48 bits per heavy atom. The van der Waals surface area contributed by atoms with E-state index in [1.165, 1.54) is 29.5 Å². The van der Waals surface area contributed by atoms with Crippen LogP contribution in [0.15, 0.2) is 12.1 Å². The molecule has 0 atom stereocenters. The number of fused-ring (bicyclic) bond motifs is 1. The number of hydrogen-bond acceptors (Lipinski definition) is 2. The Labute approximate surface area is 141 Å². The van der Waals surface area contributed by atoms with Crippen LogP contribution in [0.4, 0.5) is 0 Å². The molecule has 23 heavy (non-hydrogen) atoms. The van der Waals surface area contributed by atoms with Gasteiger partial charge in [-0.3, -0.25) is 0 Å². The van der Waals surface area contributed by atoms with Crippen molar-refractivity contribution in [3.63, 3.8) is 0 Å². The molecule has 1 aromatic carbocycles. The molecule has 1 N–H and O–H groups in total. The van der Waals surface area contributed by atoms with Crippen LogP contribution in [0.1, 0.15) is 83.4 Å². The first-order valence-electron chi connectivity index (χ1n) is 9.19. The Hall–Kier alpha value is -1.02. The fourth-order valence-corrected chi connectivity index (χ4v) is 4.00. The molecule has 0 amide bonds. The fraction of sp³-hybridized carbons (Fsp3) is 0.714. The van der Waals surface area contributed by atoms with Gasteiger partial charge in [-0.25, -0.2) is 0 Å². The Balaban J connectivity index is 2.16. The first kappa shape index (κ1) is 16.8. The SMILES string of the molecule is CCCOc1cc2c(cc1C1(CO)CC1)C(C)(C)CCC2(C)C. The maximum Gasteiger partial charge on any atom is 0.123 e. The third-order valence-electron chi connectivity index (χ3n) is 6.14. The summed E-state index contributed by atoms with van der Waals surface area (Å²) in [7, 11) is 0. The van der Waals surface area contributed by atoms with Crippen molar-refractivity contribution in [3.8, 4) is 5.75 Å². The molecule has 2 aliphatic rings. The van der Waals surface area contributed by atoms with Gasteiger partial charge in [0.2, 0.25) is 0 Å². The van der Waals surface area contributed by atoms with Crippen LogP contribution in [-0.4, -0.2) is 18.3 Å². The van der Waals surface area contributed by atoms with E-state index < -0.39 is 0 Å². The van der Waals surface area contributed by atoms with E-state index in [1.54, 1.807) is 0 Å². The van der Waals surface area contributed by atoms with Crippen molar-refractivity contribution in [1.82, 2.24) is 0 Å². The van der Waals surface area contributed by atoms with Crippen LogP contribution in [0.25, 0.3) is 0 Å². The molecular formula is C21H32O2. The van der Waals surface area contributed by atoms with Crippen molar-refractivity contribution >= 4 is 0 Å². The molecule has 2 aliphatic carbocycles. The van der Waals surface area contributed by atoms with Gasteiger partial charge in [-0.15, -0.1) is 0 Å². The molecule has 0 bridgehead atoms. The number of aliphatic hydroxyl groups excluding tert-OH is 1. The summed E-state index contributed by atoms with van der Waals surface area (Å²) in [5, 5.41) is 9.94. The van der Waals surface area contributed by atoms with Crippen LogP contribution in [0.5, 0.6) is 5.75 Å². The lowest BCUT2D eigenvalue weighted by Gasteiger charge is -2.42. The molecule has 0 aromatic heterocycles. The molecule has 0 radical (unpaired) electrons. The molecule has 0 aliphatic heterocycles. The summed E-state index contributed by atoms with van der Waals surface area (Å²) in [5.74, 6) is 1.02. The summed E-state index contributed by atoms with van der Waals surface area (Å²) in [6.07, 6.45) is 5.60. The standard InChI is InChI=1S/C21H32O2/c1-6-11-23-18-13-16-15(12-17(18)21(14-22)9-10-21)19(2,3)7-8-20(16,4)5/h12-13,22H,6-11,14H2,1-5H3. The van der Waals surface area contributed by atoms with Crippen LogP contribution in [0.2, 0.25) is 0 Å². The van der Waals surface area contributed by atoms with Gasteiger partial charge < -0.3 is 9.84 Å². The van der Waals surface area contributed by atoms with Crippen LogP contribution in [0.3, 0.4) is 0 Å². The zero-order valence-electron chi connectivity index (χ0n) is 15.5. The minimum absolute atomic E-state index is 0.0459. The maximum absolute atomic E-state index is 9.94. The van der Waals surface area contributed by atoms with Crippen LogP contribution in [0, 0.1) is 0 Å². The second-order valence-electron chi connectivity index (χ2n) is 8.95. The lowest BCUT2D eigenvalue weighted by molar-refractivity contribution is 0.246. The summed E-state index contributed by atoms with van der Waals surface area (Å²) >= 11 is 0. The van der Waals surface area contributed by atoms with E-state index in [4.69, 9.17) is 4.74 Å². The highest BCUT2D eigenvalue weighted by atomic mass is 16.5. The molecule has 0 unspecified atom stereocenters. The average Bonchev–Trinajstić information content (AvgIpc) is 3.30. The van der Waals surface area contributed by atoms with Gasteiger partial charge in [-0.2, -0.15) is 0 Å². The van der Waals surface area contributed by atoms with Crippen molar-refractivity contribution in [1.29, 1.82) is 0 Å². The third kappa shape index (κ3) is 2.80. The van der Waals surface area contributed by atoms with E-state index in [-0.39, 0.29) is 22.9 Å². The second-order valence-corrected chi connectivity index (χ2v) is 8.95. The molecular weight excluding hydrogens is 284 g/mol. The van der Waals surface area contributed by atoms with Crippen molar-refractivity contribution in [2.24, 2.45) is 0 Å². The van der Waals surface area contributed by atoms with Gasteiger partial charge >= 0.3 is 0 Å². The fourth-order valence-electron chi connectivity index (χ4n) is 4.00. The van der Waals surface area contributed by atoms with Gasteiger partial charge in [0.05, 0.1) is 13.2 Å². The Kier molecular flexibility index (Phi) is 4.03. The van der Waals surface area contributed by atoms with E-state index in [9.17, 15) is 5.11 Å².